The molecule has 4 rings (SSSR count). The number of aromatic carboxylic acids is 1. The van der Waals surface area contributed by atoms with Crippen LogP contribution in [0.2, 0.25) is 0 Å². The molecule has 0 radical (unpaired) electrons. The molecule has 1 aliphatic rings. The monoisotopic (exact) mass is 361 g/mol. The van der Waals surface area contributed by atoms with Crippen LogP contribution in [-0.2, 0) is 5.75 Å². The Balaban J connectivity index is 1.71. The molecule has 0 atom stereocenters. The molecule has 1 aliphatic carbocycles. The zero-order valence-electron chi connectivity index (χ0n) is 12.9. The maximum absolute atomic E-state index is 11.9. The molecule has 124 valence electrons. The summed E-state index contributed by atoms with van der Waals surface area (Å²) in [5.41, 5.74) is 1.35. The number of hydrogen-bond donors (Lipinski definition) is 2. The summed E-state index contributed by atoms with van der Waals surface area (Å²) in [6.45, 7) is 1.79. The van der Waals surface area contributed by atoms with Gasteiger partial charge in [0.1, 0.15) is 9.71 Å². The Bertz CT molecular complexity index is 998. The van der Waals surface area contributed by atoms with Crippen molar-refractivity contribution in [3.63, 3.8) is 0 Å². The average Bonchev–Trinajstić information content (AvgIpc) is 3.17. The normalized spacial score (nSPS) is 14.4. The Morgan fingerprint density at radius 3 is 3.04 bits per heavy atom. The van der Waals surface area contributed by atoms with Gasteiger partial charge in [-0.05, 0) is 30.9 Å². The smallest absolute Gasteiger partial charge is 0.346 e. The van der Waals surface area contributed by atoms with E-state index < -0.39 is 5.97 Å². The van der Waals surface area contributed by atoms with Crippen LogP contribution in [0, 0.1) is 6.92 Å². The van der Waals surface area contributed by atoms with Crippen LogP contribution < -0.4 is 5.56 Å². The molecule has 0 bridgehead atoms. The first-order chi connectivity index (χ1) is 11.5. The number of aromatic nitrogens is 3. The minimum Gasteiger partial charge on any atom is -0.477 e. The van der Waals surface area contributed by atoms with Crippen molar-refractivity contribution in [3.8, 4) is 0 Å². The van der Waals surface area contributed by atoms with Gasteiger partial charge < -0.3 is 14.7 Å². The first kappa shape index (κ1) is 15.5. The van der Waals surface area contributed by atoms with Gasteiger partial charge in [-0.3, -0.25) is 4.79 Å². The van der Waals surface area contributed by atoms with E-state index in [4.69, 9.17) is 0 Å². The molecule has 6 nitrogen and oxygen atoms in total. The number of aryl methyl sites for hydroxylation is 1. The largest absolute Gasteiger partial charge is 0.477 e. The van der Waals surface area contributed by atoms with Crippen molar-refractivity contribution in [3.05, 3.63) is 44.8 Å². The standard InChI is InChI=1S/C16H15N3O3S2/c1-8-12-9(6-11(20)18-14(12)24-13(8)15(21)22)7-23-16-17-4-5-19(16)10-2-3-10/h4-6,10H,2-3,7H2,1H3,(H,18,20)(H,21,22). The number of carboxylic acids is 1. The molecule has 3 aromatic heterocycles. The van der Waals surface area contributed by atoms with Crippen LogP contribution in [0.15, 0.2) is 28.4 Å². The predicted octanol–water partition coefficient (Wildman–Crippen LogP) is 3.42. The lowest BCUT2D eigenvalue weighted by molar-refractivity contribution is 0.0701. The lowest BCUT2D eigenvalue weighted by Crippen LogP contribution is -2.05. The van der Waals surface area contributed by atoms with Crippen LogP contribution in [0.25, 0.3) is 10.2 Å². The maximum atomic E-state index is 11.9. The van der Waals surface area contributed by atoms with Crippen LogP contribution in [0.4, 0.5) is 0 Å². The Morgan fingerprint density at radius 1 is 1.54 bits per heavy atom. The molecule has 1 saturated carbocycles. The minimum atomic E-state index is -0.961. The van der Waals surface area contributed by atoms with Gasteiger partial charge in [-0.25, -0.2) is 9.78 Å². The van der Waals surface area contributed by atoms with Crippen molar-refractivity contribution in [2.24, 2.45) is 0 Å². The highest BCUT2D eigenvalue weighted by Gasteiger charge is 2.26. The first-order valence-electron chi connectivity index (χ1n) is 7.59. The van der Waals surface area contributed by atoms with E-state index in [-0.39, 0.29) is 10.4 Å². The van der Waals surface area contributed by atoms with Gasteiger partial charge in [-0.1, -0.05) is 11.8 Å². The number of pyridine rings is 1. The van der Waals surface area contributed by atoms with E-state index in [1.807, 2.05) is 6.20 Å². The summed E-state index contributed by atoms with van der Waals surface area (Å²) in [7, 11) is 0. The van der Waals surface area contributed by atoms with Crippen molar-refractivity contribution in [2.75, 3.05) is 0 Å². The number of thiophene rings is 1. The van der Waals surface area contributed by atoms with Crippen molar-refractivity contribution in [1.82, 2.24) is 14.5 Å². The fraction of sp³-hybridized carbons (Fsp3) is 0.312. The van der Waals surface area contributed by atoms with E-state index in [1.165, 1.54) is 12.8 Å². The number of fused-ring (bicyclic) bond motifs is 1. The molecule has 0 unspecified atom stereocenters. The number of imidazole rings is 1. The number of rotatable bonds is 5. The zero-order chi connectivity index (χ0) is 16.8. The van der Waals surface area contributed by atoms with Crippen LogP contribution >= 0.6 is 23.1 Å². The Kier molecular flexibility index (Phi) is 3.73. The predicted molar refractivity (Wildman–Crippen MR) is 94.2 cm³/mol. The number of H-pyrrole nitrogens is 1. The Labute approximate surface area is 145 Å². The quantitative estimate of drug-likeness (QED) is 0.680. The molecule has 0 saturated heterocycles. The second kappa shape index (κ2) is 5.78. The fourth-order valence-corrected chi connectivity index (χ4v) is 4.96. The van der Waals surface area contributed by atoms with E-state index in [1.54, 1.807) is 30.9 Å². The third kappa shape index (κ3) is 2.65. The SMILES string of the molecule is Cc1c(C(=O)O)sc2[nH]c(=O)cc(CSc3nccn3C3CC3)c12. The van der Waals surface area contributed by atoms with Gasteiger partial charge in [0.25, 0.3) is 0 Å². The molecule has 0 spiro atoms. The molecule has 2 N–H and O–H groups in total. The second-order valence-corrected chi connectivity index (χ2v) is 7.82. The molecule has 3 aromatic rings. The van der Waals surface area contributed by atoms with E-state index in [0.29, 0.717) is 22.2 Å². The summed E-state index contributed by atoms with van der Waals surface area (Å²) in [5.74, 6) is -0.377. The molecular weight excluding hydrogens is 346 g/mol. The Hall–Kier alpha value is -2.06. The first-order valence-corrected chi connectivity index (χ1v) is 9.39. The van der Waals surface area contributed by atoms with Crippen molar-refractivity contribution in [2.45, 2.75) is 36.7 Å². The average molecular weight is 361 g/mol. The third-order valence-electron chi connectivity index (χ3n) is 4.13. The zero-order valence-corrected chi connectivity index (χ0v) is 14.5. The molecule has 0 aliphatic heterocycles. The van der Waals surface area contributed by atoms with E-state index in [0.717, 1.165) is 27.4 Å². The third-order valence-corrected chi connectivity index (χ3v) is 6.36. The van der Waals surface area contributed by atoms with Gasteiger partial charge in [0.2, 0.25) is 5.56 Å². The summed E-state index contributed by atoms with van der Waals surface area (Å²) in [6.07, 6.45) is 6.16. The number of nitrogens with zero attached hydrogens (tertiary/aromatic N) is 2. The molecule has 0 aromatic carbocycles. The van der Waals surface area contributed by atoms with Crippen LogP contribution in [0.3, 0.4) is 0 Å². The van der Waals surface area contributed by atoms with E-state index in [2.05, 4.69) is 14.5 Å². The summed E-state index contributed by atoms with van der Waals surface area (Å²) >= 11 is 2.70. The number of carboxylic acid groups (broad SMARTS) is 1. The van der Waals surface area contributed by atoms with Crippen LogP contribution in [-0.4, -0.2) is 25.6 Å². The second-order valence-electron chi connectivity index (χ2n) is 5.86. The minimum absolute atomic E-state index is 0.207. The molecule has 24 heavy (non-hydrogen) atoms. The number of thioether (sulfide) groups is 1. The van der Waals surface area contributed by atoms with Gasteiger partial charge in [-0.2, -0.15) is 0 Å². The number of aromatic amines is 1. The van der Waals surface area contributed by atoms with Gasteiger partial charge in [0.15, 0.2) is 5.16 Å². The highest BCUT2D eigenvalue weighted by Crippen LogP contribution is 2.39. The lowest BCUT2D eigenvalue weighted by Gasteiger charge is -2.07. The Morgan fingerprint density at radius 2 is 2.33 bits per heavy atom. The highest BCUT2D eigenvalue weighted by molar-refractivity contribution is 7.98. The van der Waals surface area contributed by atoms with Gasteiger partial charge in [-0.15, -0.1) is 11.3 Å². The van der Waals surface area contributed by atoms with Gasteiger partial charge >= 0.3 is 5.97 Å². The molecule has 0 amide bonds. The maximum Gasteiger partial charge on any atom is 0.346 e. The number of hydrogen-bond acceptors (Lipinski definition) is 5. The van der Waals surface area contributed by atoms with E-state index in [9.17, 15) is 14.7 Å². The lowest BCUT2D eigenvalue weighted by atomic mass is 10.1. The molecule has 3 heterocycles. The molecule has 8 heteroatoms. The van der Waals surface area contributed by atoms with Crippen molar-refractivity contribution in [1.29, 1.82) is 0 Å². The highest BCUT2D eigenvalue weighted by atomic mass is 32.2. The van der Waals surface area contributed by atoms with Crippen LogP contribution in [0.1, 0.15) is 39.7 Å². The van der Waals surface area contributed by atoms with Gasteiger partial charge in [0, 0.05) is 35.6 Å². The summed E-state index contributed by atoms with van der Waals surface area (Å²) < 4.78 is 2.18. The van der Waals surface area contributed by atoms with Crippen molar-refractivity contribution < 1.29 is 9.90 Å². The molecular formula is C16H15N3O3S2. The van der Waals surface area contributed by atoms with Crippen molar-refractivity contribution >= 4 is 39.3 Å². The van der Waals surface area contributed by atoms with E-state index >= 15 is 0 Å². The summed E-state index contributed by atoms with van der Waals surface area (Å²) in [4.78, 5) is 31.3. The van der Waals surface area contributed by atoms with Crippen LogP contribution in [0.5, 0.6) is 0 Å². The number of nitrogens with one attached hydrogen (secondary N) is 1. The molecule has 1 fully saturated rings. The number of carbonyl (C=O) groups is 1. The fourth-order valence-electron chi connectivity index (χ4n) is 2.87. The summed E-state index contributed by atoms with van der Waals surface area (Å²) in [5, 5.41) is 11.1. The summed E-state index contributed by atoms with van der Waals surface area (Å²) in [6, 6.07) is 2.11. The van der Waals surface area contributed by atoms with Gasteiger partial charge in [0.05, 0.1) is 0 Å². The topological polar surface area (TPSA) is 88.0 Å².